The second-order valence-electron chi connectivity index (χ2n) is 8.90. The molecule has 2 rings (SSSR count). The minimum absolute atomic E-state index is 0.0531. The predicted octanol–water partition coefficient (Wildman–Crippen LogP) is 5.08. The summed E-state index contributed by atoms with van der Waals surface area (Å²) in [5.74, 6) is -1.11. The second kappa shape index (κ2) is 12.5. The van der Waals surface area contributed by atoms with Crippen LogP contribution in [0.3, 0.4) is 0 Å². The number of rotatable bonds is 10. The average Bonchev–Trinajstić information content (AvgIpc) is 2.78. The molecule has 7 nitrogen and oxygen atoms in total. The lowest BCUT2D eigenvalue weighted by molar-refractivity contribution is -0.139. The number of amides is 2. The van der Waals surface area contributed by atoms with Crippen molar-refractivity contribution in [2.45, 2.75) is 39.5 Å². The maximum Gasteiger partial charge on any atom is 0.416 e. The third kappa shape index (κ3) is 8.89. The summed E-state index contributed by atoms with van der Waals surface area (Å²) in [4.78, 5) is 27.5. The normalized spacial score (nSPS) is 12.8. The first-order chi connectivity index (χ1) is 17.0. The van der Waals surface area contributed by atoms with E-state index in [-0.39, 0.29) is 17.5 Å². The van der Waals surface area contributed by atoms with Crippen molar-refractivity contribution in [1.29, 1.82) is 0 Å². The van der Waals surface area contributed by atoms with Crippen molar-refractivity contribution in [2.75, 3.05) is 23.7 Å². The maximum atomic E-state index is 13.5. The Hall–Kier alpha value is -2.31. The number of sulfonamides is 1. The lowest BCUT2D eigenvalue weighted by Crippen LogP contribution is -2.51. The standard InChI is InChI=1S/C24H28BrClF3N3O4S/c1-15(2)12-30-23(34)16(3)31(13-17-6-5-7-19(25)10-17)22(33)14-32(37(4,35)36)21-11-18(24(27,28)29)8-9-20(21)26/h5-11,15-16H,12-14H2,1-4H3,(H,30,34). The summed E-state index contributed by atoms with van der Waals surface area (Å²) in [5.41, 5.74) is -0.971. The van der Waals surface area contributed by atoms with Crippen LogP contribution in [0, 0.1) is 5.92 Å². The van der Waals surface area contributed by atoms with Gasteiger partial charge in [-0.25, -0.2) is 8.42 Å². The van der Waals surface area contributed by atoms with Crippen LogP contribution >= 0.6 is 27.5 Å². The fourth-order valence-corrected chi connectivity index (χ4v) is 4.91. The van der Waals surface area contributed by atoms with Gasteiger partial charge >= 0.3 is 6.18 Å². The molecule has 1 unspecified atom stereocenters. The van der Waals surface area contributed by atoms with Gasteiger partial charge in [-0.15, -0.1) is 0 Å². The average molecular weight is 627 g/mol. The number of halogens is 5. The minimum atomic E-state index is -4.76. The van der Waals surface area contributed by atoms with E-state index in [2.05, 4.69) is 21.2 Å². The Kier molecular flexibility index (Phi) is 10.4. The maximum absolute atomic E-state index is 13.5. The van der Waals surface area contributed by atoms with Crippen molar-refractivity contribution < 1.29 is 31.2 Å². The SMILES string of the molecule is CC(C)CNC(=O)C(C)N(Cc1cccc(Br)c1)C(=O)CN(c1cc(C(F)(F)F)ccc1Cl)S(C)(=O)=O. The number of benzene rings is 2. The highest BCUT2D eigenvalue weighted by molar-refractivity contribution is 9.10. The van der Waals surface area contributed by atoms with Crippen molar-refractivity contribution >= 4 is 55.1 Å². The van der Waals surface area contributed by atoms with Gasteiger partial charge in [0.05, 0.1) is 22.5 Å². The number of nitrogens with zero attached hydrogens (tertiary/aromatic N) is 2. The molecule has 37 heavy (non-hydrogen) atoms. The Morgan fingerprint density at radius 3 is 2.30 bits per heavy atom. The summed E-state index contributed by atoms with van der Waals surface area (Å²) < 4.78 is 66.4. The Morgan fingerprint density at radius 2 is 1.76 bits per heavy atom. The predicted molar refractivity (Wildman–Crippen MR) is 141 cm³/mol. The number of anilines is 1. The van der Waals surface area contributed by atoms with Crippen molar-refractivity contribution in [2.24, 2.45) is 5.92 Å². The minimum Gasteiger partial charge on any atom is -0.354 e. The van der Waals surface area contributed by atoms with Crippen molar-refractivity contribution in [3.8, 4) is 0 Å². The number of hydrogen-bond donors (Lipinski definition) is 1. The Morgan fingerprint density at radius 1 is 1.11 bits per heavy atom. The highest BCUT2D eigenvalue weighted by Crippen LogP contribution is 2.36. The van der Waals surface area contributed by atoms with Crippen LogP contribution in [0.4, 0.5) is 18.9 Å². The summed E-state index contributed by atoms with van der Waals surface area (Å²) >= 11 is 9.42. The van der Waals surface area contributed by atoms with Gasteiger partial charge in [-0.05, 0) is 48.7 Å². The molecular weight excluding hydrogens is 599 g/mol. The lowest BCUT2D eigenvalue weighted by atomic mass is 10.1. The zero-order valence-electron chi connectivity index (χ0n) is 20.6. The number of hydrogen-bond acceptors (Lipinski definition) is 4. The Bertz CT molecular complexity index is 1240. The van der Waals surface area contributed by atoms with Crippen LogP contribution in [0.25, 0.3) is 0 Å². The summed E-state index contributed by atoms with van der Waals surface area (Å²) in [7, 11) is -4.25. The van der Waals surface area contributed by atoms with Gasteiger partial charge in [-0.2, -0.15) is 13.2 Å². The van der Waals surface area contributed by atoms with Crippen LogP contribution in [0.5, 0.6) is 0 Å². The molecule has 0 bridgehead atoms. The van der Waals surface area contributed by atoms with Crippen LogP contribution < -0.4 is 9.62 Å². The topological polar surface area (TPSA) is 86.8 Å². The van der Waals surface area contributed by atoms with Crippen LogP contribution in [-0.4, -0.2) is 50.5 Å². The number of alkyl halides is 3. The third-order valence-electron chi connectivity index (χ3n) is 5.32. The number of nitrogens with one attached hydrogen (secondary N) is 1. The molecular formula is C24H28BrClF3N3O4S. The molecule has 1 N–H and O–H groups in total. The van der Waals surface area contributed by atoms with Crippen LogP contribution in [0.15, 0.2) is 46.9 Å². The molecule has 204 valence electrons. The van der Waals surface area contributed by atoms with Crippen molar-refractivity contribution in [3.05, 3.63) is 63.1 Å². The zero-order valence-corrected chi connectivity index (χ0v) is 23.8. The molecule has 0 heterocycles. The summed E-state index contributed by atoms with van der Waals surface area (Å²) in [6.07, 6.45) is -4.00. The van der Waals surface area contributed by atoms with E-state index < -0.39 is 51.9 Å². The van der Waals surface area contributed by atoms with Gasteiger partial charge in [-0.1, -0.05) is 53.5 Å². The first-order valence-corrected chi connectivity index (χ1v) is 14.2. The van der Waals surface area contributed by atoms with E-state index >= 15 is 0 Å². The molecule has 0 aliphatic carbocycles. The molecule has 2 amide bonds. The van der Waals surface area contributed by atoms with E-state index in [1.54, 1.807) is 24.3 Å². The van der Waals surface area contributed by atoms with E-state index in [9.17, 15) is 31.2 Å². The molecule has 1 atom stereocenters. The molecule has 0 fully saturated rings. The zero-order chi connectivity index (χ0) is 28.1. The van der Waals surface area contributed by atoms with Crippen molar-refractivity contribution in [1.82, 2.24) is 10.2 Å². The van der Waals surface area contributed by atoms with Gasteiger partial charge in [-0.3, -0.25) is 13.9 Å². The van der Waals surface area contributed by atoms with Gasteiger partial charge in [0, 0.05) is 17.6 Å². The van der Waals surface area contributed by atoms with E-state index in [0.29, 0.717) is 22.5 Å². The van der Waals surface area contributed by atoms with Crippen molar-refractivity contribution in [3.63, 3.8) is 0 Å². The molecule has 0 saturated carbocycles. The van der Waals surface area contributed by atoms with E-state index in [1.807, 2.05) is 13.8 Å². The summed E-state index contributed by atoms with van der Waals surface area (Å²) in [5, 5.41) is 2.46. The highest BCUT2D eigenvalue weighted by Gasteiger charge is 2.34. The fraction of sp³-hybridized carbons (Fsp3) is 0.417. The second-order valence-corrected chi connectivity index (χ2v) is 12.1. The first-order valence-electron chi connectivity index (χ1n) is 11.2. The van der Waals surface area contributed by atoms with Crippen LogP contribution in [0.2, 0.25) is 5.02 Å². The lowest BCUT2D eigenvalue weighted by Gasteiger charge is -2.32. The largest absolute Gasteiger partial charge is 0.416 e. The number of carbonyl (C=O) groups excluding carboxylic acids is 2. The number of carbonyl (C=O) groups is 2. The molecule has 13 heteroatoms. The van der Waals surface area contributed by atoms with Gasteiger partial charge in [0.1, 0.15) is 12.6 Å². The van der Waals surface area contributed by atoms with Crippen LogP contribution in [0.1, 0.15) is 31.9 Å². The van der Waals surface area contributed by atoms with Gasteiger partial charge in [0.15, 0.2) is 0 Å². The molecule has 2 aromatic carbocycles. The van der Waals surface area contributed by atoms with Gasteiger partial charge in [0.2, 0.25) is 21.8 Å². The molecule has 0 saturated heterocycles. The molecule has 0 aliphatic rings. The van der Waals surface area contributed by atoms with E-state index in [0.717, 1.165) is 22.9 Å². The molecule has 0 aliphatic heterocycles. The summed E-state index contributed by atoms with van der Waals surface area (Å²) in [6.45, 7) is 4.74. The molecule has 0 radical (unpaired) electrons. The fourth-order valence-electron chi connectivity index (χ4n) is 3.34. The Labute approximate surface area is 228 Å². The third-order valence-corrected chi connectivity index (χ3v) is 7.25. The van der Waals surface area contributed by atoms with Gasteiger partial charge in [0.25, 0.3) is 0 Å². The smallest absolute Gasteiger partial charge is 0.354 e. The van der Waals surface area contributed by atoms with Gasteiger partial charge < -0.3 is 10.2 Å². The van der Waals surface area contributed by atoms with E-state index in [1.165, 1.54) is 11.8 Å². The quantitative estimate of drug-likeness (QED) is 0.399. The first kappa shape index (κ1) is 30.9. The highest BCUT2D eigenvalue weighted by atomic mass is 79.9. The monoisotopic (exact) mass is 625 g/mol. The summed E-state index contributed by atoms with van der Waals surface area (Å²) in [6, 6.07) is 8.17. The molecule has 0 spiro atoms. The van der Waals surface area contributed by atoms with Crippen LogP contribution in [-0.2, 0) is 32.3 Å². The molecule has 0 aromatic heterocycles. The Balaban J connectivity index is 2.48. The van der Waals surface area contributed by atoms with E-state index in [4.69, 9.17) is 11.6 Å². The molecule has 2 aromatic rings.